The van der Waals surface area contributed by atoms with Crippen molar-refractivity contribution in [2.24, 2.45) is 0 Å². The quantitative estimate of drug-likeness (QED) is 0.738. The highest BCUT2D eigenvalue weighted by molar-refractivity contribution is 5.81. The van der Waals surface area contributed by atoms with E-state index in [2.05, 4.69) is 27.6 Å². The highest BCUT2D eigenvalue weighted by Crippen LogP contribution is 2.18. The summed E-state index contributed by atoms with van der Waals surface area (Å²) in [4.78, 5) is 15.9. The molecule has 0 radical (unpaired) electrons. The lowest BCUT2D eigenvalue weighted by atomic mass is 10.3. The molecular formula is C12H21N5O. The summed E-state index contributed by atoms with van der Waals surface area (Å²) in [6, 6.07) is 0.211. The number of carbonyl (C=O) groups excluding carboxylic acids is 1. The lowest BCUT2D eigenvalue weighted by Crippen LogP contribution is -2.43. The second-order valence-corrected chi connectivity index (χ2v) is 4.78. The average Bonchev–Trinajstić information content (AvgIpc) is 3.05. The molecule has 1 aromatic rings. The van der Waals surface area contributed by atoms with Crippen molar-refractivity contribution in [3.05, 3.63) is 12.2 Å². The van der Waals surface area contributed by atoms with Crippen molar-refractivity contribution in [3.8, 4) is 0 Å². The Hall–Kier alpha value is -1.43. The van der Waals surface area contributed by atoms with E-state index >= 15 is 0 Å². The summed E-state index contributed by atoms with van der Waals surface area (Å²) in [6.07, 6.45) is 4.81. The van der Waals surface area contributed by atoms with Crippen LogP contribution in [0.3, 0.4) is 0 Å². The number of hydrogen-bond acceptors (Lipinski definition) is 4. The molecule has 1 saturated carbocycles. The van der Waals surface area contributed by atoms with E-state index in [0.717, 1.165) is 31.6 Å². The van der Waals surface area contributed by atoms with Crippen LogP contribution in [-0.2, 0) is 17.9 Å². The molecule has 0 aromatic carbocycles. The molecule has 0 aliphatic heterocycles. The lowest BCUT2D eigenvalue weighted by molar-refractivity contribution is -0.122. The molecule has 2 N–H and O–H groups in total. The Morgan fingerprint density at radius 1 is 1.61 bits per heavy atom. The molecule has 1 aliphatic rings. The number of nitrogens with one attached hydrogen (secondary N) is 2. The summed E-state index contributed by atoms with van der Waals surface area (Å²) in [7, 11) is 0. The Balaban J connectivity index is 1.78. The minimum absolute atomic E-state index is 0.0686. The SMILES string of the molecule is CCCn1ncnc1CNC(C)C(=O)NC1CC1. The van der Waals surface area contributed by atoms with Gasteiger partial charge in [-0.05, 0) is 26.2 Å². The van der Waals surface area contributed by atoms with E-state index in [9.17, 15) is 4.79 Å². The molecule has 1 fully saturated rings. The molecule has 1 heterocycles. The van der Waals surface area contributed by atoms with Crippen LogP contribution in [-0.4, -0.2) is 32.8 Å². The number of carbonyl (C=O) groups is 1. The Labute approximate surface area is 107 Å². The Morgan fingerprint density at radius 3 is 3.06 bits per heavy atom. The maximum absolute atomic E-state index is 11.7. The zero-order valence-electron chi connectivity index (χ0n) is 11.0. The van der Waals surface area contributed by atoms with Gasteiger partial charge in [-0.25, -0.2) is 9.67 Å². The van der Waals surface area contributed by atoms with Crippen LogP contribution >= 0.6 is 0 Å². The van der Waals surface area contributed by atoms with Crippen molar-refractivity contribution >= 4 is 5.91 Å². The minimum atomic E-state index is -0.197. The predicted octanol–water partition coefficient (Wildman–Crippen LogP) is 0.445. The van der Waals surface area contributed by atoms with Crippen molar-refractivity contribution < 1.29 is 4.79 Å². The van der Waals surface area contributed by atoms with Crippen molar-refractivity contribution in [3.63, 3.8) is 0 Å². The molecule has 18 heavy (non-hydrogen) atoms. The van der Waals surface area contributed by atoms with Crippen LogP contribution < -0.4 is 10.6 Å². The van der Waals surface area contributed by atoms with E-state index < -0.39 is 0 Å². The number of aryl methyl sites for hydroxylation is 1. The van der Waals surface area contributed by atoms with Crippen LogP contribution in [0.5, 0.6) is 0 Å². The molecule has 1 atom stereocenters. The number of nitrogens with zero attached hydrogens (tertiary/aromatic N) is 3. The van der Waals surface area contributed by atoms with Gasteiger partial charge in [0.2, 0.25) is 5.91 Å². The Kier molecular flexibility index (Phi) is 4.30. The number of rotatable bonds is 7. The number of hydrogen-bond donors (Lipinski definition) is 2. The third-order valence-electron chi connectivity index (χ3n) is 3.01. The smallest absolute Gasteiger partial charge is 0.237 e. The van der Waals surface area contributed by atoms with Gasteiger partial charge in [0.1, 0.15) is 12.2 Å². The molecule has 100 valence electrons. The normalized spacial score (nSPS) is 16.6. The van der Waals surface area contributed by atoms with Gasteiger partial charge in [0.05, 0.1) is 12.6 Å². The van der Waals surface area contributed by atoms with Crippen LogP contribution in [0.1, 0.15) is 38.9 Å². The first-order valence-corrected chi connectivity index (χ1v) is 6.61. The summed E-state index contributed by atoms with van der Waals surface area (Å²) in [6.45, 7) is 5.40. The fourth-order valence-electron chi connectivity index (χ4n) is 1.71. The van der Waals surface area contributed by atoms with Gasteiger partial charge in [-0.1, -0.05) is 6.92 Å². The van der Waals surface area contributed by atoms with Crippen LogP contribution in [0.15, 0.2) is 6.33 Å². The molecule has 1 aliphatic carbocycles. The molecule has 0 bridgehead atoms. The van der Waals surface area contributed by atoms with E-state index in [1.165, 1.54) is 0 Å². The van der Waals surface area contributed by atoms with Crippen molar-refractivity contribution in [1.82, 2.24) is 25.4 Å². The molecule has 1 amide bonds. The molecular weight excluding hydrogens is 230 g/mol. The van der Waals surface area contributed by atoms with Gasteiger partial charge in [0, 0.05) is 12.6 Å². The van der Waals surface area contributed by atoms with Gasteiger partial charge in [-0.2, -0.15) is 5.10 Å². The Morgan fingerprint density at radius 2 is 2.39 bits per heavy atom. The van der Waals surface area contributed by atoms with Crippen LogP contribution in [0.25, 0.3) is 0 Å². The first kappa shape index (κ1) is 13.0. The first-order chi connectivity index (χ1) is 8.70. The van der Waals surface area contributed by atoms with Gasteiger partial charge >= 0.3 is 0 Å². The lowest BCUT2D eigenvalue weighted by Gasteiger charge is -2.13. The second kappa shape index (κ2) is 5.95. The monoisotopic (exact) mass is 251 g/mol. The van der Waals surface area contributed by atoms with E-state index in [1.807, 2.05) is 11.6 Å². The fourth-order valence-corrected chi connectivity index (χ4v) is 1.71. The Bertz CT molecular complexity index is 399. The molecule has 0 spiro atoms. The zero-order valence-corrected chi connectivity index (χ0v) is 11.0. The van der Waals surface area contributed by atoms with Crippen molar-refractivity contribution in [2.45, 2.75) is 58.3 Å². The van der Waals surface area contributed by atoms with Gasteiger partial charge < -0.3 is 5.32 Å². The third-order valence-corrected chi connectivity index (χ3v) is 3.01. The van der Waals surface area contributed by atoms with E-state index in [4.69, 9.17) is 0 Å². The predicted molar refractivity (Wildman–Crippen MR) is 67.8 cm³/mol. The second-order valence-electron chi connectivity index (χ2n) is 4.78. The standard InChI is InChI=1S/C12H21N5O/c1-3-6-17-11(14-8-15-17)7-13-9(2)12(18)16-10-4-5-10/h8-10,13H,3-7H2,1-2H3,(H,16,18). The minimum Gasteiger partial charge on any atom is -0.352 e. The summed E-state index contributed by atoms with van der Waals surface area (Å²) < 4.78 is 1.87. The van der Waals surface area contributed by atoms with Crippen LogP contribution in [0.2, 0.25) is 0 Å². The number of aromatic nitrogens is 3. The zero-order chi connectivity index (χ0) is 13.0. The summed E-state index contributed by atoms with van der Waals surface area (Å²) in [5, 5.41) is 10.3. The highest BCUT2D eigenvalue weighted by atomic mass is 16.2. The first-order valence-electron chi connectivity index (χ1n) is 6.61. The molecule has 1 aromatic heterocycles. The maximum Gasteiger partial charge on any atom is 0.237 e. The summed E-state index contributed by atoms with van der Waals surface area (Å²) >= 11 is 0. The molecule has 6 nitrogen and oxygen atoms in total. The molecule has 0 saturated heterocycles. The largest absolute Gasteiger partial charge is 0.352 e. The highest BCUT2D eigenvalue weighted by Gasteiger charge is 2.25. The molecule has 6 heteroatoms. The molecule has 2 rings (SSSR count). The topological polar surface area (TPSA) is 71.8 Å². The van der Waals surface area contributed by atoms with E-state index in [-0.39, 0.29) is 11.9 Å². The fraction of sp³-hybridized carbons (Fsp3) is 0.750. The van der Waals surface area contributed by atoms with E-state index in [0.29, 0.717) is 12.6 Å². The number of amides is 1. The third kappa shape index (κ3) is 3.53. The van der Waals surface area contributed by atoms with Crippen LogP contribution in [0.4, 0.5) is 0 Å². The summed E-state index contributed by atoms with van der Waals surface area (Å²) in [5.41, 5.74) is 0. The van der Waals surface area contributed by atoms with Gasteiger partial charge in [0.15, 0.2) is 0 Å². The van der Waals surface area contributed by atoms with E-state index in [1.54, 1.807) is 6.33 Å². The maximum atomic E-state index is 11.7. The van der Waals surface area contributed by atoms with Crippen molar-refractivity contribution in [2.75, 3.05) is 0 Å². The van der Waals surface area contributed by atoms with Crippen LogP contribution in [0, 0.1) is 0 Å². The summed E-state index contributed by atoms with van der Waals surface area (Å²) in [5.74, 6) is 0.946. The van der Waals surface area contributed by atoms with Gasteiger partial charge in [0.25, 0.3) is 0 Å². The average molecular weight is 251 g/mol. The van der Waals surface area contributed by atoms with Gasteiger partial charge in [-0.3, -0.25) is 10.1 Å². The van der Waals surface area contributed by atoms with Crippen molar-refractivity contribution in [1.29, 1.82) is 0 Å². The molecule has 1 unspecified atom stereocenters. The van der Waals surface area contributed by atoms with Gasteiger partial charge in [-0.15, -0.1) is 0 Å².